The number of nitrogens with one attached hydrogen (secondary N) is 1. The molecule has 1 N–H and O–H groups in total. The molecule has 0 saturated carbocycles. The summed E-state index contributed by atoms with van der Waals surface area (Å²) in [4.78, 5) is 8.08. The van der Waals surface area contributed by atoms with Crippen LogP contribution in [-0.4, -0.2) is 28.4 Å². The molecular formula is C26H24F3N5O2S. The van der Waals surface area contributed by atoms with Gasteiger partial charge in [0.2, 0.25) is 0 Å². The fraction of sp³-hybridized carbons (Fsp3) is 0.269. The molecule has 4 aromatic rings. The summed E-state index contributed by atoms with van der Waals surface area (Å²) in [6.07, 6.45) is 2.03. The largest absolute Gasteiger partial charge is 0.363 e. The number of nitrogens with zero attached hydrogens (tertiary/aromatic N) is 4. The molecule has 0 radical (unpaired) electrons. The maximum atomic E-state index is 15.0. The maximum absolute atomic E-state index is 15.0. The first kappa shape index (κ1) is 26.2. The van der Waals surface area contributed by atoms with Crippen LogP contribution in [0.15, 0.2) is 53.7 Å². The third-order valence-corrected chi connectivity index (χ3v) is 7.67. The van der Waals surface area contributed by atoms with Crippen LogP contribution in [0.4, 0.5) is 19.0 Å². The number of anilines is 1. The van der Waals surface area contributed by atoms with E-state index in [4.69, 9.17) is 0 Å². The third-order valence-electron chi connectivity index (χ3n) is 6.00. The van der Waals surface area contributed by atoms with Gasteiger partial charge in [-0.25, -0.2) is 35.5 Å². The number of aromatic nitrogens is 3. The summed E-state index contributed by atoms with van der Waals surface area (Å²) in [6, 6.07) is 9.11. The van der Waals surface area contributed by atoms with Crippen molar-refractivity contribution in [2.24, 2.45) is 5.41 Å². The fourth-order valence-corrected chi connectivity index (χ4v) is 5.24. The Morgan fingerprint density at radius 1 is 1.11 bits per heavy atom. The summed E-state index contributed by atoms with van der Waals surface area (Å²) < 4.78 is 71.5. The Balaban J connectivity index is 1.92. The van der Waals surface area contributed by atoms with E-state index in [0.29, 0.717) is 10.0 Å². The Labute approximate surface area is 212 Å². The molecule has 1 unspecified atom stereocenters. The first-order chi connectivity index (χ1) is 17.3. The van der Waals surface area contributed by atoms with Gasteiger partial charge in [0.1, 0.15) is 11.3 Å². The average Bonchev–Trinajstić information content (AvgIpc) is 3.20. The van der Waals surface area contributed by atoms with Gasteiger partial charge < -0.3 is 5.32 Å². The number of aryl methyl sites for hydroxylation is 1. The molecule has 0 aliphatic rings. The summed E-state index contributed by atoms with van der Waals surface area (Å²) in [7, 11) is -4.30. The van der Waals surface area contributed by atoms with Crippen molar-refractivity contribution >= 4 is 26.7 Å². The number of hydrogen-bond donors (Lipinski definition) is 1. The smallest absolute Gasteiger partial charge is 0.268 e. The average molecular weight is 528 g/mol. The lowest BCUT2D eigenvalue weighted by Gasteiger charge is -2.30. The first-order valence-corrected chi connectivity index (χ1v) is 12.8. The monoisotopic (exact) mass is 527 g/mol. The lowest BCUT2D eigenvalue weighted by Crippen LogP contribution is -2.34. The number of fused-ring (bicyclic) bond motifs is 1. The van der Waals surface area contributed by atoms with Crippen molar-refractivity contribution in [2.45, 2.75) is 45.1 Å². The molecule has 11 heteroatoms. The predicted octanol–water partition coefficient (Wildman–Crippen LogP) is 5.80. The molecule has 0 fully saturated rings. The van der Waals surface area contributed by atoms with Gasteiger partial charge in [-0.15, -0.1) is 0 Å². The van der Waals surface area contributed by atoms with Crippen molar-refractivity contribution in [3.8, 4) is 17.5 Å². The summed E-state index contributed by atoms with van der Waals surface area (Å²) in [6.45, 7) is 7.41. The maximum Gasteiger partial charge on any atom is 0.268 e. The van der Waals surface area contributed by atoms with Crippen molar-refractivity contribution in [3.63, 3.8) is 0 Å². The van der Waals surface area contributed by atoms with E-state index in [1.807, 2.05) is 20.8 Å². The molecule has 1 atom stereocenters. The van der Waals surface area contributed by atoms with E-state index in [2.05, 4.69) is 21.4 Å². The highest BCUT2D eigenvalue weighted by molar-refractivity contribution is 7.90. The third kappa shape index (κ3) is 5.02. The van der Waals surface area contributed by atoms with Crippen molar-refractivity contribution < 1.29 is 21.6 Å². The van der Waals surface area contributed by atoms with Gasteiger partial charge in [0.15, 0.2) is 23.3 Å². The minimum atomic E-state index is -4.30. The van der Waals surface area contributed by atoms with E-state index < -0.39 is 44.4 Å². The van der Waals surface area contributed by atoms with Gasteiger partial charge in [-0.3, -0.25) is 0 Å². The molecule has 0 spiro atoms. The lowest BCUT2D eigenvalue weighted by molar-refractivity contribution is 0.342. The van der Waals surface area contributed by atoms with Crippen LogP contribution in [0, 0.1) is 41.1 Å². The van der Waals surface area contributed by atoms with Crippen LogP contribution in [0.3, 0.4) is 0 Å². The van der Waals surface area contributed by atoms with Gasteiger partial charge in [-0.1, -0.05) is 38.5 Å². The summed E-state index contributed by atoms with van der Waals surface area (Å²) >= 11 is 0. The normalized spacial score (nSPS) is 12.9. The molecule has 2 heterocycles. The Morgan fingerprint density at radius 3 is 2.41 bits per heavy atom. The summed E-state index contributed by atoms with van der Waals surface area (Å²) in [5.41, 5.74) is -0.0105. The number of benzene rings is 2. The number of rotatable bonds is 6. The number of hydrogen-bond acceptors (Lipinski definition) is 6. The van der Waals surface area contributed by atoms with Crippen LogP contribution >= 0.6 is 0 Å². The second-order valence-corrected chi connectivity index (χ2v) is 11.6. The molecule has 2 aromatic carbocycles. The molecule has 0 amide bonds. The molecule has 0 aliphatic carbocycles. The van der Waals surface area contributed by atoms with Crippen LogP contribution in [0.2, 0.25) is 0 Å². The zero-order valence-corrected chi connectivity index (χ0v) is 21.4. The van der Waals surface area contributed by atoms with E-state index >= 15 is 4.39 Å². The van der Waals surface area contributed by atoms with Gasteiger partial charge in [-0.2, -0.15) is 5.26 Å². The fourth-order valence-electron chi connectivity index (χ4n) is 3.87. The molecule has 0 saturated heterocycles. The molecule has 0 bridgehead atoms. The van der Waals surface area contributed by atoms with Crippen molar-refractivity contribution in [3.05, 3.63) is 71.8 Å². The first-order valence-electron chi connectivity index (χ1n) is 11.3. The molecule has 2 aromatic heterocycles. The predicted molar refractivity (Wildman–Crippen MR) is 134 cm³/mol. The summed E-state index contributed by atoms with van der Waals surface area (Å²) in [5.74, 6) is -3.21. The van der Waals surface area contributed by atoms with E-state index in [1.54, 1.807) is 19.1 Å². The van der Waals surface area contributed by atoms with Crippen LogP contribution in [-0.2, 0) is 10.0 Å². The van der Waals surface area contributed by atoms with E-state index in [-0.39, 0.29) is 33.9 Å². The van der Waals surface area contributed by atoms with Gasteiger partial charge in [0.05, 0.1) is 23.6 Å². The lowest BCUT2D eigenvalue weighted by atomic mass is 9.85. The summed E-state index contributed by atoms with van der Waals surface area (Å²) in [5, 5.41) is 12.0. The Kier molecular flexibility index (Phi) is 6.73. The highest BCUT2D eigenvalue weighted by Gasteiger charge is 2.28. The quantitative estimate of drug-likeness (QED) is 0.340. The zero-order valence-electron chi connectivity index (χ0n) is 20.6. The van der Waals surface area contributed by atoms with E-state index in [0.717, 1.165) is 24.0 Å². The second kappa shape index (κ2) is 9.52. The van der Waals surface area contributed by atoms with E-state index in [9.17, 15) is 22.5 Å². The van der Waals surface area contributed by atoms with Crippen molar-refractivity contribution in [2.75, 3.05) is 5.32 Å². The minimum Gasteiger partial charge on any atom is -0.363 e. The molecule has 4 rings (SSSR count). The number of nitriles is 1. The van der Waals surface area contributed by atoms with Gasteiger partial charge >= 0.3 is 0 Å². The van der Waals surface area contributed by atoms with E-state index in [1.165, 1.54) is 12.1 Å². The van der Waals surface area contributed by atoms with Crippen molar-refractivity contribution in [1.29, 1.82) is 5.26 Å². The minimum absolute atomic E-state index is 0.0141. The molecule has 37 heavy (non-hydrogen) atoms. The molecule has 7 nitrogen and oxygen atoms in total. The SMILES string of the molecule is Cc1ccc(S(=O)(=O)n2cc(-c3ncc(F)c(NC(CC#N)C(C)(C)C)n3)c3cc(F)cc(F)c32)cc1. The highest BCUT2D eigenvalue weighted by atomic mass is 32.2. The van der Waals surface area contributed by atoms with Gasteiger partial charge in [-0.05, 0) is 30.5 Å². The van der Waals surface area contributed by atoms with Crippen LogP contribution in [0.25, 0.3) is 22.3 Å². The molecule has 192 valence electrons. The second-order valence-electron chi connectivity index (χ2n) is 9.76. The zero-order chi connectivity index (χ0) is 27.1. The van der Waals surface area contributed by atoms with Gasteiger partial charge in [0.25, 0.3) is 10.0 Å². The number of halogens is 3. The van der Waals surface area contributed by atoms with Crippen molar-refractivity contribution in [1.82, 2.24) is 13.9 Å². The van der Waals surface area contributed by atoms with Crippen LogP contribution < -0.4 is 5.32 Å². The highest BCUT2D eigenvalue weighted by Crippen LogP contribution is 2.35. The van der Waals surface area contributed by atoms with Gasteiger partial charge in [0, 0.05) is 29.3 Å². The molecular weight excluding hydrogens is 503 g/mol. The Bertz CT molecular complexity index is 1640. The Hall–Kier alpha value is -3.91. The topological polar surface area (TPSA) is 101 Å². The Morgan fingerprint density at radius 2 is 1.78 bits per heavy atom. The molecule has 0 aliphatic heterocycles. The van der Waals surface area contributed by atoms with Crippen LogP contribution in [0.5, 0.6) is 0 Å². The van der Waals surface area contributed by atoms with Crippen LogP contribution in [0.1, 0.15) is 32.8 Å². The standard InChI is InChI=1S/C26H24F3N5O2S/c1-15-5-7-17(8-6-15)37(35,36)34-14-19(18-11-16(27)12-20(28)23(18)34)24-31-13-21(29)25(33-24)32-22(9-10-30)26(2,3)4/h5-8,11-14,22H,9H2,1-4H3,(H,31,32,33).